The molecule has 0 aliphatic heterocycles. The van der Waals surface area contributed by atoms with Gasteiger partial charge in [0, 0.05) is 5.56 Å². The summed E-state index contributed by atoms with van der Waals surface area (Å²) in [5.41, 5.74) is -5.82. The number of benzene rings is 1. The Labute approximate surface area is 248 Å². The second-order valence-corrected chi connectivity index (χ2v) is 12.9. The molecule has 37 heavy (non-hydrogen) atoms. The third-order valence-electron chi connectivity index (χ3n) is 4.59. The zero-order valence-electron chi connectivity index (χ0n) is 20.1. The van der Waals surface area contributed by atoms with Gasteiger partial charge in [0.2, 0.25) is 0 Å². The molecular weight excluding hydrogens is 605 g/mol. The predicted octanol–water partition coefficient (Wildman–Crippen LogP) is 2.27. The zero-order valence-corrected chi connectivity index (χ0v) is 24.9. The molecule has 0 fully saturated rings. The van der Waals surface area contributed by atoms with Gasteiger partial charge in [0.05, 0.1) is 0 Å². The molecule has 0 atom stereocenters. The molecule has 1 aromatic carbocycles. The Balaban J connectivity index is 0.0000130. The van der Waals surface area contributed by atoms with Crippen molar-refractivity contribution in [3.8, 4) is 0 Å². The molecule has 0 heterocycles. The molecule has 0 aliphatic rings. The Morgan fingerprint density at radius 3 is 1.43 bits per heavy atom. The fourth-order valence-electron chi connectivity index (χ4n) is 2.81. The third kappa shape index (κ3) is 6.49. The molecule has 1 aromatic rings. The van der Waals surface area contributed by atoms with Crippen LogP contribution < -0.4 is 51.4 Å². The van der Waals surface area contributed by atoms with Crippen LogP contribution in [0.2, 0.25) is 0 Å². The van der Waals surface area contributed by atoms with Crippen LogP contribution in [-0.2, 0) is 35.5 Å². The molecule has 0 aliphatic carbocycles. The van der Waals surface area contributed by atoms with E-state index in [1.807, 2.05) is 4.74 Å². The number of sulfone groups is 1. The minimum absolute atomic E-state index is 0. The Morgan fingerprint density at radius 2 is 1.11 bits per heavy atom. The molecule has 0 N–H and O–H groups in total. The molecule has 0 saturated carbocycles. The summed E-state index contributed by atoms with van der Waals surface area (Å²) in [6, 6.07) is 0.398. The maximum absolute atomic E-state index is 15.3. The van der Waals surface area contributed by atoms with Crippen molar-refractivity contribution >= 4 is 20.0 Å². The first-order valence-electron chi connectivity index (χ1n) is 9.32. The second kappa shape index (κ2) is 10.4. The number of alkyl halides is 8. The first kappa shape index (κ1) is 37.0. The van der Waals surface area contributed by atoms with Crippen molar-refractivity contribution in [2.24, 2.45) is 0 Å². The van der Waals surface area contributed by atoms with Crippen LogP contribution >= 0.6 is 0 Å². The van der Waals surface area contributed by atoms with Crippen molar-refractivity contribution in [3.63, 3.8) is 0 Å². The summed E-state index contributed by atoms with van der Waals surface area (Å²) in [5, 5.41) is -14.1. The summed E-state index contributed by atoms with van der Waals surface area (Å²) in [5.74, 6) is -3.86. The first-order chi connectivity index (χ1) is 15.4. The second-order valence-electron chi connectivity index (χ2n) is 9.55. The van der Waals surface area contributed by atoms with E-state index in [-0.39, 0.29) is 51.4 Å². The fraction of sp³-hybridized carbons (Fsp3) is 0.667. The topological polar surface area (TPSA) is 101 Å². The number of hydrogen-bond acceptors (Lipinski definition) is 6. The van der Waals surface area contributed by atoms with E-state index in [4.69, 9.17) is 0 Å². The van der Waals surface area contributed by atoms with Gasteiger partial charge < -0.3 is 4.55 Å². The largest absolute Gasteiger partial charge is 1.00 e. The van der Waals surface area contributed by atoms with E-state index in [1.165, 1.54) is 0 Å². The molecule has 0 bridgehead atoms. The summed E-state index contributed by atoms with van der Waals surface area (Å²) < 4.78 is 199. The van der Waals surface area contributed by atoms with Crippen LogP contribution in [0.15, 0.2) is 11.0 Å². The van der Waals surface area contributed by atoms with Crippen molar-refractivity contribution in [2.45, 2.75) is 80.0 Å². The smallest absolute Gasteiger partial charge is 0.743 e. The van der Waals surface area contributed by atoms with E-state index in [0.717, 1.165) is 41.5 Å². The van der Waals surface area contributed by atoms with E-state index in [2.05, 4.69) is 0 Å². The van der Waals surface area contributed by atoms with Gasteiger partial charge in [-0.15, -0.1) is 0 Å². The van der Waals surface area contributed by atoms with Crippen LogP contribution in [0.1, 0.15) is 52.7 Å². The van der Waals surface area contributed by atoms with Gasteiger partial charge in [0.15, 0.2) is 10.1 Å². The average Bonchev–Trinajstić information content (AvgIpc) is 2.58. The fourth-order valence-corrected chi connectivity index (χ4v) is 4.77. The number of rotatable bonds is 7. The van der Waals surface area contributed by atoms with Crippen molar-refractivity contribution in [1.82, 2.24) is 0 Å². The van der Waals surface area contributed by atoms with Crippen molar-refractivity contribution in [3.05, 3.63) is 28.8 Å². The van der Waals surface area contributed by atoms with Crippen molar-refractivity contribution in [2.75, 3.05) is 0 Å². The minimum Gasteiger partial charge on any atom is -0.743 e. The molecule has 0 aromatic heterocycles. The van der Waals surface area contributed by atoms with Gasteiger partial charge in [-0.2, -0.15) is 35.1 Å². The molecule has 6 nitrogen and oxygen atoms in total. The van der Waals surface area contributed by atoms with Crippen LogP contribution in [0.4, 0.5) is 43.9 Å². The maximum Gasteiger partial charge on any atom is 1.00 e. The summed E-state index contributed by atoms with van der Waals surface area (Å²) in [6.07, 6.45) is -14.4. The predicted molar refractivity (Wildman–Crippen MR) is 102 cm³/mol. The van der Waals surface area contributed by atoms with Gasteiger partial charge in [0.25, 0.3) is 9.84 Å². The minimum atomic E-state index is -7.52. The Kier molecular flexibility index (Phi) is 10.4. The van der Waals surface area contributed by atoms with Crippen LogP contribution in [0.5, 0.6) is 0 Å². The SMILES string of the molecule is CC(C)(C)c1cc(F)c(C(C)(C)C)c(S(=O)(=O)C(F)(F)C(F)(F)OC(F)(F)C(F)(F)S(=O)(=O)[O-])c1F.[K+]. The Morgan fingerprint density at radius 1 is 0.730 bits per heavy atom. The first-order valence-corrected chi connectivity index (χ1v) is 12.2. The van der Waals surface area contributed by atoms with E-state index < -0.39 is 81.2 Å². The van der Waals surface area contributed by atoms with Gasteiger partial charge in [-0.3, -0.25) is 0 Å². The number of hydrogen-bond donors (Lipinski definition) is 0. The molecule has 1 rings (SSSR count). The quantitative estimate of drug-likeness (QED) is 0.262. The number of halogens is 10. The summed E-state index contributed by atoms with van der Waals surface area (Å²) in [4.78, 5) is -2.40. The molecule has 0 saturated heterocycles. The van der Waals surface area contributed by atoms with Crippen LogP contribution in [0, 0.1) is 11.6 Å². The zero-order chi connectivity index (χ0) is 29.3. The number of ether oxygens (including phenoxy) is 1. The summed E-state index contributed by atoms with van der Waals surface area (Å²) in [6.45, 7) is 6.25. The maximum atomic E-state index is 15.3. The molecule has 0 amide bonds. The van der Waals surface area contributed by atoms with Gasteiger partial charge in [-0.25, -0.2) is 30.4 Å². The molecule has 19 heteroatoms. The normalized spacial score (nSPS) is 14.9. The van der Waals surface area contributed by atoms with Gasteiger partial charge in [-0.05, 0) is 22.5 Å². The standard InChI is InChI=1S/C18H20F10O6S2.K/c1-13(2,3)8-7-9(19)10(14(4,5)6)12(11(8)20)35(29,30)17(25,26)15(21,22)34-16(23,24)18(27,28)36(31,32)33;/h7H,1-6H3,(H,31,32,33);/q;+1/p-1. The molecule has 0 radical (unpaired) electrons. The van der Waals surface area contributed by atoms with Gasteiger partial charge >= 0.3 is 74.1 Å². The monoisotopic (exact) mass is 624 g/mol. The van der Waals surface area contributed by atoms with E-state index in [0.29, 0.717) is 6.07 Å². The Bertz CT molecular complexity index is 1250. The van der Waals surface area contributed by atoms with E-state index in [9.17, 15) is 60.9 Å². The van der Waals surface area contributed by atoms with Gasteiger partial charge in [-0.1, -0.05) is 41.5 Å². The summed E-state index contributed by atoms with van der Waals surface area (Å²) >= 11 is 0. The summed E-state index contributed by atoms with van der Waals surface area (Å²) in [7, 11) is -14.9. The van der Waals surface area contributed by atoms with Crippen molar-refractivity contribution < 1.29 is 121 Å². The van der Waals surface area contributed by atoms with Crippen LogP contribution in [0.25, 0.3) is 0 Å². The molecule has 210 valence electrons. The van der Waals surface area contributed by atoms with Crippen molar-refractivity contribution in [1.29, 1.82) is 0 Å². The average molecular weight is 625 g/mol. The third-order valence-corrected chi connectivity index (χ3v) is 7.28. The van der Waals surface area contributed by atoms with Crippen LogP contribution in [-0.4, -0.2) is 44.1 Å². The molecule has 0 spiro atoms. The van der Waals surface area contributed by atoms with Gasteiger partial charge in [0.1, 0.15) is 16.5 Å². The van der Waals surface area contributed by atoms with E-state index >= 15 is 4.39 Å². The Hall–Kier alpha value is -0.0236. The van der Waals surface area contributed by atoms with Crippen LogP contribution in [0.3, 0.4) is 0 Å². The van der Waals surface area contributed by atoms with E-state index in [1.54, 1.807) is 0 Å². The molecular formula is C18H19F10KO6S2. The molecule has 0 unspecified atom stereocenters.